The molecule has 2 aromatic rings. The largest absolute Gasteiger partial charge is 0.381 e. The first-order valence-electron chi connectivity index (χ1n) is 4.53. The van der Waals surface area contributed by atoms with Crippen molar-refractivity contribution in [3.05, 3.63) is 33.9 Å². The van der Waals surface area contributed by atoms with Crippen molar-refractivity contribution < 1.29 is 0 Å². The van der Waals surface area contributed by atoms with Gasteiger partial charge in [0, 0.05) is 4.47 Å². The lowest BCUT2D eigenvalue weighted by Crippen LogP contribution is -2.00. The van der Waals surface area contributed by atoms with Gasteiger partial charge in [-0.25, -0.2) is 4.68 Å². The minimum Gasteiger partial charge on any atom is -0.381 e. The lowest BCUT2D eigenvalue weighted by atomic mass is 10.1. The number of nitrogens with two attached hydrogens (primary N) is 1. The number of nitrogens with zero attached hydrogens (tertiary/aromatic N) is 3. The Morgan fingerprint density at radius 3 is 2.60 bits per heavy atom. The normalized spacial score (nSPS) is 10.6. The van der Waals surface area contributed by atoms with Gasteiger partial charge >= 0.3 is 0 Å². The van der Waals surface area contributed by atoms with Crippen molar-refractivity contribution in [2.45, 2.75) is 13.8 Å². The van der Waals surface area contributed by atoms with Crippen molar-refractivity contribution in [1.29, 1.82) is 0 Å². The van der Waals surface area contributed by atoms with E-state index >= 15 is 0 Å². The van der Waals surface area contributed by atoms with Gasteiger partial charge in [-0.15, -0.1) is 5.10 Å². The molecule has 0 unspecified atom stereocenters. The third kappa shape index (κ3) is 1.87. The molecule has 78 valence electrons. The molecule has 0 saturated carbocycles. The van der Waals surface area contributed by atoms with E-state index in [0.717, 1.165) is 15.7 Å². The van der Waals surface area contributed by atoms with Crippen molar-refractivity contribution >= 4 is 21.7 Å². The predicted molar refractivity (Wildman–Crippen MR) is 62.9 cm³/mol. The van der Waals surface area contributed by atoms with Gasteiger partial charge in [0.2, 0.25) is 0 Å². The number of aryl methyl sites for hydroxylation is 2. The SMILES string of the molecule is Cc1cc(C)c(-n2cc(N)nn2)c(Br)c1. The Bertz CT molecular complexity index is 481. The molecule has 0 bridgehead atoms. The number of hydrogen-bond acceptors (Lipinski definition) is 3. The highest BCUT2D eigenvalue weighted by molar-refractivity contribution is 9.10. The molecule has 2 N–H and O–H groups in total. The highest BCUT2D eigenvalue weighted by atomic mass is 79.9. The van der Waals surface area contributed by atoms with E-state index in [1.54, 1.807) is 10.9 Å². The molecular formula is C10H11BrN4. The van der Waals surface area contributed by atoms with Crippen molar-refractivity contribution in [2.24, 2.45) is 0 Å². The summed E-state index contributed by atoms with van der Waals surface area (Å²) in [4.78, 5) is 0. The van der Waals surface area contributed by atoms with Crippen molar-refractivity contribution in [3.63, 3.8) is 0 Å². The van der Waals surface area contributed by atoms with Gasteiger partial charge < -0.3 is 5.73 Å². The van der Waals surface area contributed by atoms with Gasteiger partial charge in [-0.3, -0.25) is 0 Å². The van der Waals surface area contributed by atoms with Gasteiger partial charge in [-0.2, -0.15) is 0 Å². The van der Waals surface area contributed by atoms with E-state index in [1.165, 1.54) is 5.56 Å². The molecule has 0 aliphatic carbocycles. The molecule has 1 aromatic heterocycles. The summed E-state index contributed by atoms with van der Waals surface area (Å²) in [6, 6.07) is 4.14. The third-order valence-corrected chi connectivity index (χ3v) is 2.74. The maximum atomic E-state index is 5.54. The Morgan fingerprint density at radius 2 is 2.07 bits per heavy atom. The van der Waals surface area contributed by atoms with Crippen LogP contribution in [0.3, 0.4) is 0 Å². The van der Waals surface area contributed by atoms with Crippen molar-refractivity contribution in [1.82, 2.24) is 15.0 Å². The average molecular weight is 267 g/mol. The molecule has 2 rings (SSSR count). The zero-order valence-electron chi connectivity index (χ0n) is 8.53. The molecule has 5 heteroatoms. The van der Waals surface area contributed by atoms with E-state index in [0.29, 0.717) is 5.82 Å². The summed E-state index contributed by atoms with van der Waals surface area (Å²) >= 11 is 3.51. The van der Waals surface area contributed by atoms with Crippen LogP contribution >= 0.6 is 15.9 Å². The molecule has 0 amide bonds. The van der Waals surface area contributed by atoms with Crippen LogP contribution in [-0.2, 0) is 0 Å². The minimum absolute atomic E-state index is 0.418. The maximum Gasteiger partial charge on any atom is 0.166 e. The molecule has 0 atom stereocenters. The van der Waals surface area contributed by atoms with Crippen LogP contribution in [-0.4, -0.2) is 15.0 Å². The van der Waals surface area contributed by atoms with E-state index < -0.39 is 0 Å². The van der Waals surface area contributed by atoms with E-state index in [9.17, 15) is 0 Å². The molecule has 1 aromatic carbocycles. The minimum atomic E-state index is 0.418. The van der Waals surface area contributed by atoms with Gasteiger partial charge in [0.1, 0.15) is 0 Å². The van der Waals surface area contributed by atoms with E-state index in [-0.39, 0.29) is 0 Å². The predicted octanol–water partition coefficient (Wildman–Crippen LogP) is 2.23. The van der Waals surface area contributed by atoms with Crippen LogP contribution in [0.25, 0.3) is 5.69 Å². The molecule has 0 aliphatic rings. The Labute approximate surface area is 96.2 Å². The van der Waals surface area contributed by atoms with Crippen LogP contribution in [0.2, 0.25) is 0 Å². The van der Waals surface area contributed by atoms with Crippen LogP contribution in [0.1, 0.15) is 11.1 Å². The summed E-state index contributed by atoms with van der Waals surface area (Å²) in [5, 5.41) is 7.72. The number of halogens is 1. The van der Waals surface area contributed by atoms with Gasteiger partial charge in [0.15, 0.2) is 5.82 Å². The monoisotopic (exact) mass is 266 g/mol. The van der Waals surface area contributed by atoms with Gasteiger partial charge in [-0.1, -0.05) is 11.3 Å². The average Bonchev–Trinajstić information content (AvgIpc) is 2.49. The van der Waals surface area contributed by atoms with Crippen molar-refractivity contribution in [2.75, 3.05) is 5.73 Å². The summed E-state index contributed by atoms with van der Waals surface area (Å²) in [5.74, 6) is 0.418. The summed E-state index contributed by atoms with van der Waals surface area (Å²) < 4.78 is 2.67. The van der Waals surface area contributed by atoms with E-state index in [4.69, 9.17) is 5.73 Å². The maximum absolute atomic E-state index is 5.54. The Balaban J connectivity index is 2.62. The molecular weight excluding hydrogens is 256 g/mol. The van der Waals surface area contributed by atoms with Crippen LogP contribution < -0.4 is 5.73 Å². The molecule has 15 heavy (non-hydrogen) atoms. The second-order valence-corrected chi connectivity index (χ2v) is 4.35. The Hall–Kier alpha value is -1.36. The third-order valence-electron chi connectivity index (χ3n) is 2.14. The summed E-state index contributed by atoms with van der Waals surface area (Å²) in [5.41, 5.74) is 8.85. The topological polar surface area (TPSA) is 56.7 Å². The zero-order chi connectivity index (χ0) is 11.0. The second kappa shape index (κ2) is 3.66. The summed E-state index contributed by atoms with van der Waals surface area (Å²) in [7, 11) is 0. The van der Waals surface area contributed by atoms with Gasteiger partial charge in [0.25, 0.3) is 0 Å². The fourth-order valence-electron chi connectivity index (χ4n) is 1.58. The first kappa shape index (κ1) is 10.2. The number of aromatic nitrogens is 3. The van der Waals surface area contributed by atoms with E-state index in [2.05, 4.69) is 39.2 Å². The second-order valence-electron chi connectivity index (χ2n) is 3.50. The fourth-order valence-corrected chi connectivity index (χ4v) is 2.44. The molecule has 0 radical (unpaired) electrons. The molecule has 0 aliphatic heterocycles. The van der Waals surface area contributed by atoms with Crippen molar-refractivity contribution in [3.8, 4) is 5.69 Å². The number of nitrogen functional groups attached to an aromatic ring is 1. The summed E-state index contributed by atoms with van der Waals surface area (Å²) in [6.45, 7) is 4.09. The first-order chi connectivity index (χ1) is 7.08. The van der Waals surface area contributed by atoms with Gasteiger partial charge in [-0.05, 0) is 47.0 Å². The van der Waals surface area contributed by atoms with Gasteiger partial charge in [0.05, 0.1) is 11.9 Å². The lowest BCUT2D eigenvalue weighted by Gasteiger charge is -2.08. The van der Waals surface area contributed by atoms with Crippen LogP contribution in [0, 0.1) is 13.8 Å². The first-order valence-corrected chi connectivity index (χ1v) is 5.32. The van der Waals surface area contributed by atoms with Crippen LogP contribution in [0.5, 0.6) is 0 Å². The number of rotatable bonds is 1. The standard InChI is InChI=1S/C10H11BrN4/c1-6-3-7(2)10(8(11)4-6)15-5-9(12)13-14-15/h3-5H,12H2,1-2H3. The number of benzene rings is 1. The molecule has 4 nitrogen and oxygen atoms in total. The Kier molecular flexibility index (Phi) is 2.48. The highest BCUT2D eigenvalue weighted by Gasteiger charge is 2.08. The van der Waals surface area contributed by atoms with Crippen LogP contribution in [0.4, 0.5) is 5.82 Å². The molecule has 0 saturated heterocycles. The molecule has 0 spiro atoms. The summed E-state index contributed by atoms with van der Waals surface area (Å²) in [6.07, 6.45) is 1.70. The van der Waals surface area contributed by atoms with Crippen LogP contribution in [0.15, 0.2) is 22.8 Å². The Morgan fingerprint density at radius 1 is 1.33 bits per heavy atom. The van der Waals surface area contributed by atoms with E-state index in [1.807, 2.05) is 13.0 Å². The molecule has 1 heterocycles. The number of hydrogen-bond donors (Lipinski definition) is 1. The zero-order valence-corrected chi connectivity index (χ0v) is 10.1. The lowest BCUT2D eigenvalue weighted by molar-refractivity contribution is 0.796. The highest BCUT2D eigenvalue weighted by Crippen LogP contribution is 2.25. The molecule has 0 fully saturated rings. The quantitative estimate of drug-likeness (QED) is 0.861. The number of anilines is 1. The fraction of sp³-hybridized carbons (Fsp3) is 0.200. The smallest absolute Gasteiger partial charge is 0.166 e.